The van der Waals surface area contributed by atoms with Crippen LogP contribution in [0.5, 0.6) is 0 Å². The Hall–Kier alpha value is -1.49. The van der Waals surface area contributed by atoms with E-state index in [1.54, 1.807) is 12.3 Å². The molecule has 3 N–H and O–H groups in total. The zero-order valence-electron chi connectivity index (χ0n) is 10.8. The zero-order valence-corrected chi connectivity index (χ0v) is 10.8. The van der Waals surface area contributed by atoms with Gasteiger partial charge >= 0.3 is 0 Å². The first-order valence-electron chi connectivity index (χ1n) is 6.52. The molecule has 5 nitrogen and oxygen atoms in total. The Labute approximate surface area is 107 Å². The number of hydrogen-bond donors (Lipinski definition) is 2. The van der Waals surface area contributed by atoms with Crippen molar-refractivity contribution in [3.63, 3.8) is 0 Å². The smallest absolute Gasteiger partial charge is 0.267 e. The van der Waals surface area contributed by atoms with Crippen LogP contribution < -0.4 is 11.1 Å². The molecule has 2 rings (SSSR count). The van der Waals surface area contributed by atoms with Crippen LogP contribution in [0.3, 0.4) is 0 Å². The quantitative estimate of drug-likeness (QED) is 0.846. The van der Waals surface area contributed by atoms with Crippen molar-refractivity contribution in [1.82, 2.24) is 9.88 Å². The summed E-state index contributed by atoms with van der Waals surface area (Å²) in [5, 5.41) is 2.99. The molecule has 1 fully saturated rings. The molecule has 0 radical (unpaired) electrons. The summed E-state index contributed by atoms with van der Waals surface area (Å²) in [5.41, 5.74) is 6.99. The van der Waals surface area contributed by atoms with Gasteiger partial charge in [0.2, 0.25) is 0 Å². The summed E-state index contributed by atoms with van der Waals surface area (Å²) in [6.45, 7) is 5.07. The van der Waals surface area contributed by atoms with Crippen LogP contribution >= 0.6 is 0 Å². The zero-order chi connectivity index (χ0) is 13.0. The maximum absolute atomic E-state index is 12.1. The Morgan fingerprint density at radius 2 is 2.28 bits per heavy atom. The van der Waals surface area contributed by atoms with Gasteiger partial charge in [0.15, 0.2) is 0 Å². The van der Waals surface area contributed by atoms with Gasteiger partial charge in [-0.05, 0) is 31.7 Å². The summed E-state index contributed by atoms with van der Waals surface area (Å²) in [7, 11) is 0. The Kier molecular flexibility index (Phi) is 4.25. The van der Waals surface area contributed by atoms with E-state index in [2.05, 4.69) is 5.32 Å². The molecule has 0 saturated carbocycles. The maximum atomic E-state index is 12.1. The van der Waals surface area contributed by atoms with Crippen molar-refractivity contribution < 1.29 is 9.53 Å². The van der Waals surface area contributed by atoms with Crippen molar-refractivity contribution in [2.75, 3.05) is 25.5 Å². The van der Waals surface area contributed by atoms with Gasteiger partial charge in [-0.1, -0.05) is 0 Å². The van der Waals surface area contributed by atoms with Gasteiger partial charge in [0, 0.05) is 32.5 Å². The van der Waals surface area contributed by atoms with E-state index in [9.17, 15) is 4.79 Å². The number of aryl methyl sites for hydroxylation is 1. The van der Waals surface area contributed by atoms with Gasteiger partial charge in [0.05, 0.1) is 5.69 Å². The number of nitrogen functional groups attached to an aromatic ring is 1. The second-order valence-corrected chi connectivity index (χ2v) is 4.71. The van der Waals surface area contributed by atoms with Gasteiger partial charge in [0.25, 0.3) is 5.91 Å². The molecular weight excluding hydrogens is 230 g/mol. The van der Waals surface area contributed by atoms with E-state index >= 15 is 0 Å². The second kappa shape index (κ2) is 5.91. The number of hydrogen-bond acceptors (Lipinski definition) is 3. The minimum Gasteiger partial charge on any atom is -0.397 e. The average Bonchev–Trinajstić information content (AvgIpc) is 2.78. The lowest BCUT2D eigenvalue weighted by atomic mass is 10.0. The van der Waals surface area contributed by atoms with E-state index in [1.165, 1.54) is 0 Å². The van der Waals surface area contributed by atoms with Gasteiger partial charge < -0.3 is 20.4 Å². The number of amides is 1. The lowest BCUT2D eigenvalue weighted by Crippen LogP contribution is -2.33. The minimum atomic E-state index is -0.0416. The third-order valence-electron chi connectivity index (χ3n) is 3.38. The summed E-state index contributed by atoms with van der Waals surface area (Å²) in [4.78, 5) is 12.1. The highest BCUT2D eigenvalue weighted by Gasteiger charge is 2.17. The number of nitrogens with zero attached hydrogens (tertiary/aromatic N) is 1. The van der Waals surface area contributed by atoms with Gasteiger partial charge in [0.1, 0.15) is 5.69 Å². The number of anilines is 1. The standard InChI is InChI=1S/C13H21N3O2/c1-2-16-9-11(14)7-12(16)13(17)15-8-10-3-5-18-6-4-10/h7,9-10H,2-6,8,14H2,1H3,(H,15,17). The van der Waals surface area contributed by atoms with E-state index in [4.69, 9.17) is 10.5 Å². The molecule has 0 spiro atoms. The Balaban J connectivity index is 1.90. The summed E-state index contributed by atoms with van der Waals surface area (Å²) in [6.07, 6.45) is 3.85. The van der Waals surface area contributed by atoms with Gasteiger partial charge in [-0.15, -0.1) is 0 Å². The van der Waals surface area contributed by atoms with Crippen molar-refractivity contribution in [2.45, 2.75) is 26.3 Å². The molecule has 100 valence electrons. The molecule has 0 bridgehead atoms. The maximum Gasteiger partial charge on any atom is 0.267 e. The minimum absolute atomic E-state index is 0.0416. The summed E-state index contributed by atoms with van der Waals surface area (Å²) in [5.74, 6) is 0.491. The Morgan fingerprint density at radius 1 is 1.56 bits per heavy atom. The number of carbonyl (C=O) groups excluding carboxylic acids is 1. The van der Waals surface area contributed by atoms with Gasteiger partial charge in [-0.25, -0.2) is 0 Å². The topological polar surface area (TPSA) is 69.3 Å². The van der Waals surface area contributed by atoms with E-state index in [1.807, 2.05) is 11.5 Å². The van der Waals surface area contributed by atoms with Crippen LogP contribution in [0.25, 0.3) is 0 Å². The number of aromatic nitrogens is 1. The molecule has 0 aliphatic carbocycles. The van der Waals surface area contributed by atoms with E-state index in [0.717, 1.165) is 39.1 Å². The van der Waals surface area contributed by atoms with Crippen molar-refractivity contribution >= 4 is 11.6 Å². The second-order valence-electron chi connectivity index (χ2n) is 4.71. The molecule has 1 aromatic rings. The molecule has 1 saturated heterocycles. The van der Waals surface area contributed by atoms with Crippen LogP contribution in [0, 0.1) is 5.92 Å². The largest absolute Gasteiger partial charge is 0.397 e. The molecule has 18 heavy (non-hydrogen) atoms. The number of nitrogens with two attached hydrogens (primary N) is 1. The predicted octanol–water partition coefficient (Wildman–Crippen LogP) is 1.25. The highest BCUT2D eigenvalue weighted by atomic mass is 16.5. The Morgan fingerprint density at radius 3 is 2.94 bits per heavy atom. The van der Waals surface area contributed by atoms with Crippen LogP contribution in [0.2, 0.25) is 0 Å². The first-order valence-corrected chi connectivity index (χ1v) is 6.52. The van der Waals surface area contributed by atoms with Gasteiger partial charge in [-0.3, -0.25) is 4.79 Å². The molecule has 0 atom stereocenters. The fraction of sp³-hybridized carbons (Fsp3) is 0.615. The number of nitrogens with one attached hydrogen (secondary N) is 1. The molecule has 2 heterocycles. The molecule has 0 aromatic carbocycles. The molecule has 1 aromatic heterocycles. The lowest BCUT2D eigenvalue weighted by Gasteiger charge is -2.22. The molecule has 0 unspecified atom stereocenters. The third-order valence-corrected chi connectivity index (χ3v) is 3.38. The first-order chi connectivity index (χ1) is 8.70. The van der Waals surface area contributed by atoms with E-state index in [-0.39, 0.29) is 5.91 Å². The monoisotopic (exact) mass is 251 g/mol. The van der Waals surface area contributed by atoms with Crippen molar-refractivity contribution in [1.29, 1.82) is 0 Å². The van der Waals surface area contributed by atoms with Crippen molar-refractivity contribution in [2.24, 2.45) is 5.92 Å². The van der Waals surface area contributed by atoms with Gasteiger partial charge in [-0.2, -0.15) is 0 Å². The first kappa shape index (κ1) is 13.0. The average molecular weight is 251 g/mol. The predicted molar refractivity (Wildman–Crippen MR) is 70.4 cm³/mol. The summed E-state index contributed by atoms with van der Waals surface area (Å²) < 4.78 is 7.17. The Bertz CT molecular complexity index is 408. The van der Waals surface area contributed by atoms with Crippen LogP contribution in [-0.2, 0) is 11.3 Å². The van der Waals surface area contributed by atoms with Crippen LogP contribution in [0.15, 0.2) is 12.3 Å². The number of ether oxygens (including phenoxy) is 1. The van der Waals surface area contributed by atoms with Crippen molar-refractivity contribution in [3.8, 4) is 0 Å². The molecule has 1 aliphatic rings. The molecule has 1 aliphatic heterocycles. The highest BCUT2D eigenvalue weighted by molar-refractivity contribution is 5.93. The SMILES string of the molecule is CCn1cc(N)cc1C(=O)NCC1CCOCC1. The fourth-order valence-electron chi connectivity index (χ4n) is 2.26. The van der Waals surface area contributed by atoms with Crippen LogP contribution in [-0.4, -0.2) is 30.2 Å². The highest BCUT2D eigenvalue weighted by Crippen LogP contribution is 2.14. The molecule has 1 amide bonds. The van der Waals surface area contributed by atoms with E-state index < -0.39 is 0 Å². The summed E-state index contributed by atoms with van der Waals surface area (Å²) >= 11 is 0. The molecule has 5 heteroatoms. The van der Waals surface area contributed by atoms with Crippen LogP contribution in [0.4, 0.5) is 5.69 Å². The third kappa shape index (κ3) is 3.04. The fourth-order valence-corrected chi connectivity index (χ4v) is 2.26. The molecular formula is C13H21N3O2. The van der Waals surface area contributed by atoms with E-state index in [0.29, 0.717) is 17.3 Å². The van der Waals surface area contributed by atoms with Crippen molar-refractivity contribution in [3.05, 3.63) is 18.0 Å². The summed E-state index contributed by atoms with van der Waals surface area (Å²) in [6, 6.07) is 1.73. The lowest BCUT2D eigenvalue weighted by molar-refractivity contribution is 0.0641. The normalized spacial score (nSPS) is 16.7. The number of carbonyl (C=O) groups is 1. The number of rotatable bonds is 4. The van der Waals surface area contributed by atoms with Crippen LogP contribution in [0.1, 0.15) is 30.3 Å².